The van der Waals surface area contributed by atoms with Gasteiger partial charge in [-0.1, -0.05) is 15.9 Å². The summed E-state index contributed by atoms with van der Waals surface area (Å²) in [6.45, 7) is 1.94. The number of rotatable bonds is 3. The molecule has 18 heavy (non-hydrogen) atoms. The first-order valence-corrected chi connectivity index (χ1v) is 6.11. The van der Waals surface area contributed by atoms with Crippen LogP contribution in [-0.2, 0) is 0 Å². The molecule has 0 bridgehead atoms. The van der Waals surface area contributed by atoms with Crippen LogP contribution in [0.15, 0.2) is 34.8 Å². The van der Waals surface area contributed by atoms with Crippen LogP contribution in [0.1, 0.15) is 26.5 Å². The first-order valence-electron chi connectivity index (χ1n) is 5.32. The number of amides is 1. The van der Waals surface area contributed by atoms with E-state index in [1.54, 1.807) is 18.2 Å². The highest BCUT2D eigenvalue weighted by molar-refractivity contribution is 9.10. The molecule has 0 atom stereocenters. The van der Waals surface area contributed by atoms with Crippen molar-refractivity contribution in [3.05, 3.63) is 51.8 Å². The van der Waals surface area contributed by atoms with E-state index in [1.807, 2.05) is 19.1 Å². The van der Waals surface area contributed by atoms with E-state index in [0.717, 1.165) is 10.0 Å². The van der Waals surface area contributed by atoms with Crippen LogP contribution in [-0.4, -0.2) is 17.2 Å². The number of carbonyl (C=O) groups excluding carboxylic acids is 2. The number of anilines is 1. The summed E-state index contributed by atoms with van der Waals surface area (Å²) in [6, 6.07) is 8.68. The zero-order valence-electron chi connectivity index (χ0n) is 9.66. The van der Waals surface area contributed by atoms with Gasteiger partial charge in [-0.2, -0.15) is 0 Å². The Labute approximate surface area is 113 Å². The van der Waals surface area contributed by atoms with Crippen molar-refractivity contribution in [1.82, 2.24) is 4.98 Å². The van der Waals surface area contributed by atoms with Crippen molar-refractivity contribution in [2.24, 2.45) is 0 Å². The molecule has 0 saturated carbocycles. The Kier molecular flexibility index (Phi) is 3.62. The molecule has 0 radical (unpaired) electrons. The highest BCUT2D eigenvalue weighted by Crippen LogP contribution is 2.20. The smallest absolute Gasteiger partial charge is 0.272 e. The Morgan fingerprint density at radius 1 is 1.33 bits per heavy atom. The Hall–Kier alpha value is -1.88. The summed E-state index contributed by atoms with van der Waals surface area (Å²) >= 11 is 3.40. The summed E-state index contributed by atoms with van der Waals surface area (Å²) in [5.41, 5.74) is 2.49. The number of benzene rings is 1. The number of aryl methyl sites for hydroxylation is 1. The predicted octanol–water partition coefficient (Wildman–Crippen LogP) is 3.15. The SMILES string of the molecule is Cc1cc(NC(=O)c2ccc(C=O)[nH]2)ccc1Br. The van der Waals surface area contributed by atoms with Gasteiger partial charge < -0.3 is 10.3 Å². The minimum absolute atomic E-state index is 0.273. The Balaban J connectivity index is 2.15. The second kappa shape index (κ2) is 5.18. The maximum atomic E-state index is 11.9. The first-order chi connectivity index (χ1) is 8.60. The number of aromatic amines is 1. The minimum atomic E-state index is -0.273. The van der Waals surface area contributed by atoms with Crippen molar-refractivity contribution in [1.29, 1.82) is 0 Å². The van der Waals surface area contributed by atoms with Gasteiger partial charge in [0.25, 0.3) is 5.91 Å². The Bertz CT molecular complexity index is 605. The van der Waals surface area contributed by atoms with E-state index in [0.29, 0.717) is 23.4 Å². The van der Waals surface area contributed by atoms with Crippen LogP contribution in [0.4, 0.5) is 5.69 Å². The largest absolute Gasteiger partial charge is 0.348 e. The van der Waals surface area contributed by atoms with E-state index in [9.17, 15) is 9.59 Å². The summed E-state index contributed by atoms with van der Waals surface area (Å²) < 4.78 is 0.989. The van der Waals surface area contributed by atoms with Crippen molar-refractivity contribution in [2.45, 2.75) is 6.92 Å². The Morgan fingerprint density at radius 3 is 2.72 bits per heavy atom. The molecular weight excluding hydrogens is 296 g/mol. The van der Waals surface area contributed by atoms with Gasteiger partial charge in [0.2, 0.25) is 0 Å². The molecule has 5 heteroatoms. The van der Waals surface area contributed by atoms with E-state index in [2.05, 4.69) is 26.2 Å². The molecule has 2 rings (SSSR count). The highest BCUT2D eigenvalue weighted by Gasteiger charge is 2.08. The Morgan fingerprint density at radius 2 is 2.11 bits per heavy atom. The molecular formula is C13H11BrN2O2. The molecule has 1 heterocycles. The van der Waals surface area contributed by atoms with Crippen LogP contribution in [0.3, 0.4) is 0 Å². The molecule has 92 valence electrons. The quantitative estimate of drug-likeness (QED) is 0.856. The monoisotopic (exact) mass is 306 g/mol. The van der Waals surface area contributed by atoms with Gasteiger partial charge in [0.05, 0.1) is 5.69 Å². The zero-order valence-corrected chi connectivity index (χ0v) is 11.2. The number of aldehydes is 1. The molecule has 0 fully saturated rings. The summed E-state index contributed by atoms with van der Waals surface area (Å²) in [7, 11) is 0. The van der Waals surface area contributed by atoms with Gasteiger partial charge in [0.15, 0.2) is 6.29 Å². The third kappa shape index (κ3) is 2.68. The molecule has 0 saturated heterocycles. The lowest BCUT2D eigenvalue weighted by Gasteiger charge is -2.05. The van der Waals surface area contributed by atoms with E-state index in [4.69, 9.17) is 0 Å². The van der Waals surface area contributed by atoms with E-state index in [-0.39, 0.29) is 5.91 Å². The van der Waals surface area contributed by atoms with E-state index < -0.39 is 0 Å². The molecule has 1 aromatic carbocycles. The topological polar surface area (TPSA) is 62.0 Å². The third-order valence-electron chi connectivity index (χ3n) is 2.50. The van der Waals surface area contributed by atoms with E-state index in [1.165, 1.54) is 0 Å². The maximum Gasteiger partial charge on any atom is 0.272 e. The summed E-state index contributed by atoms with van der Waals surface area (Å²) in [5, 5.41) is 2.76. The molecule has 1 amide bonds. The summed E-state index contributed by atoms with van der Waals surface area (Å²) in [4.78, 5) is 25.1. The number of carbonyl (C=O) groups is 2. The van der Waals surface area contributed by atoms with Crippen molar-refractivity contribution in [2.75, 3.05) is 5.32 Å². The third-order valence-corrected chi connectivity index (χ3v) is 3.39. The number of aromatic nitrogens is 1. The fourth-order valence-electron chi connectivity index (χ4n) is 1.53. The molecule has 0 unspecified atom stereocenters. The van der Waals surface area contributed by atoms with Crippen LogP contribution < -0.4 is 5.32 Å². The first kappa shape index (κ1) is 12.6. The number of hydrogen-bond acceptors (Lipinski definition) is 2. The molecule has 0 aliphatic heterocycles. The molecule has 0 spiro atoms. The van der Waals surface area contributed by atoms with Crippen molar-refractivity contribution in [3.63, 3.8) is 0 Å². The molecule has 2 aromatic rings. The van der Waals surface area contributed by atoms with E-state index >= 15 is 0 Å². The molecule has 4 nitrogen and oxygen atoms in total. The lowest BCUT2D eigenvalue weighted by molar-refractivity contribution is 0.102. The molecule has 0 aliphatic carbocycles. The lowest BCUT2D eigenvalue weighted by Crippen LogP contribution is -2.12. The van der Waals surface area contributed by atoms with Crippen LogP contribution >= 0.6 is 15.9 Å². The normalized spacial score (nSPS) is 10.1. The van der Waals surface area contributed by atoms with Gasteiger partial charge in [-0.15, -0.1) is 0 Å². The standard InChI is InChI=1S/C13H11BrN2O2/c1-8-6-9(2-4-11(8)14)16-13(18)12-5-3-10(7-17)15-12/h2-7,15H,1H3,(H,16,18). The second-order valence-corrected chi connectivity index (χ2v) is 4.72. The van der Waals surface area contributed by atoms with Gasteiger partial charge in [-0.3, -0.25) is 9.59 Å². The van der Waals surface area contributed by atoms with Gasteiger partial charge >= 0.3 is 0 Å². The van der Waals surface area contributed by atoms with Crippen LogP contribution in [0, 0.1) is 6.92 Å². The predicted molar refractivity (Wildman–Crippen MR) is 73.0 cm³/mol. The van der Waals surface area contributed by atoms with Crippen LogP contribution in [0.2, 0.25) is 0 Å². The number of halogens is 1. The molecule has 2 N–H and O–H groups in total. The van der Waals surface area contributed by atoms with Crippen molar-refractivity contribution >= 4 is 33.8 Å². The zero-order chi connectivity index (χ0) is 13.1. The van der Waals surface area contributed by atoms with Gasteiger partial charge in [-0.05, 0) is 42.8 Å². The average Bonchev–Trinajstić information content (AvgIpc) is 2.82. The average molecular weight is 307 g/mol. The number of H-pyrrole nitrogens is 1. The summed E-state index contributed by atoms with van der Waals surface area (Å²) in [6.07, 6.45) is 0.667. The maximum absolute atomic E-state index is 11.9. The van der Waals surface area contributed by atoms with Gasteiger partial charge in [0.1, 0.15) is 5.69 Å². The van der Waals surface area contributed by atoms with Crippen molar-refractivity contribution < 1.29 is 9.59 Å². The lowest BCUT2D eigenvalue weighted by atomic mass is 10.2. The molecule has 1 aromatic heterocycles. The molecule has 0 aliphatic rings. The second-order valence-electron chi connectivity index (χ2n) is 3.86. The van der Waals surface area contributed by atoms with Gasteiger partial charge in [-0.25, -0.2) is 0 Å². The fourth-order valence-corrected chi connectivity index (χ4v) is 1.78. The number of hydrogen-bond donors (Lipinski definition) is 2. The summed E-state index contributed by atoms with van der Waals surface area (Å²) in [5.74, 6) is -0.273. The highest BCUT2D eigenvalue weighted by atomic mass is 79.9. The van der Waals surface area contributed by atoms with Gasteiger partial charge in [0, 0.05) is 10.2 Å². The van der Waals surface area contributed by atoms with Crippen LogP contribution in [0.5, 0.6) is 0 Å². The number of nitrogens with one attached hydrogen (secondary N) is 2. The minimum Gasteiger partial charge on any atom is -0.348 e. The fraction of sp³-hybridized carbons (Fsp3) is 0.0769. The van der Waals surface area contributed by atoms with Crippen molar-refractivity contribution in [3.8, 4) is 0 Å². The van der Waals surface area contributed by atoms with Crippen LogP contribution in [0.25, 0.3) is 0 Å².